The second-order valence-corrected chi connectivity index (χ2v) is 6.13. The number of piperidine rings is 1. The van der Waals surface area contributed by atoms with Crippen molar-refractivity contribution in [2.45, 2.75) is 38.0 Å². The van der Waals surface area contributed by atoms with Crippen molar-refractivity contribution >= 4 is 22.8 Å². The lowest BCUT2D eigenvalue weighted by Gasteiger charge is -2.40. The number of rotatable bonds is 2. The molecule has 0 saturated carbocycles. The van der Waals surface area contributed by atoms with Crippen molar-refractivity contribution in [1.29, 1.82) is 0 Å². The molecule has 1 aliphatic rings. The normalized spacial score (nSPS) is 21.4. The van der Waals surface area contributed by atoms with E-state index in [0.29, 0.717) is 5.58 Å². The molecule has 2 heterocycles. The molecule has 5 nitrogen and oxygen atoms in total. The van der Waals surface area contributed by atoms with Crippen molar-refractivity contribution in [2.75, 3.05) is 6.54 Å². The number of hydrogen-bond acceptors (Lipinski definition) is 3. The summed E-state index contributed by atoms with van der Waals surface area (Å²) in [5.41, 5.74) is 0.554. The number of hydrogen-bond donors (Lipinski definition) is 1. The lowest BCUT2D eigenvalue weighted by Crippen LogP contribution is -2.57. The van der Waals surface area contributed by atoms with Crippen LogP contribution in [0.15, 0.2) is 34.7 Å². The molecule has 1 aromatic carbocycles. The van der Waals surface area contributed by atoms with Gasteiger partial charge in [-0.1, -0.05) is 18.2 Å². The highest BCUT2D eigenvalue weighted by molar-refractivity contribution is 5.96. The summed E-state index contributed by atoms with van der Waals surface area (Å²) in [6.07, 6.45) is -4.58. The summed E-state index contributed by atoms with van der Waals surface area (Å²) in [5.74, 6) is -1.08. The molecule has 0 radical (unpaired) electrons. The first-order valence-electron chi connectivity index (χ1n) is 7.89. The van der Waals surface area contributed by atoms with Crippen molar-refractivity contribution in [3.63, 3.8) is 0 Å². The third-order valence-corrected chi connectivity index (χ3v) is 4.35. The number of likely N-dealkylation sites (tertiary alicyclic amines) is 1. The largest absolute Gasteiger partial charge is 0.451 e. The van der Waals surface area contributed by atoms with Gasteiger partial charge in [0, 0.05) is 24.9 Å². The number of para-hydroxylation sites is 1. The number of benzene rings is 1. The van der Waals surface area contributed by atoms with Crippen LogP contribution in [0.5, 0.6) is 0 Å². The fourth-order valence-electron chi connectivity index (χ4n) is 3.13. The zero-order valence-corrected chi connectivity index (χ0v) is 13.5. The second-order valence-electron chi connectivity index (χ2n) is 6.13. The minimum absolute atomic E-state index is 0.0912. The zero-order chi connectivity index (χ0) is 18.2. The lowest BCUT2D eigenvalue weighted by molar-refractivity contribution is -0.196. The molecule has 0 aliphatic carbocycles. The van der Waals surface area contributed by atoms with E-state index in [1.54, 1.807) is 24.3 Å². The summed E-state index contributed by atoms with van der Waals surface area (Å²) in [5, 5.41) is 3.42. The molecule has 2 aromatic rings. The maximum atomic E-state index is 13.0. The van der Waals surface area contributed by atoms with Crippen LogP contribution in [0, 0.1) is 0 Å². The molecular weight excluding hydrogens is 337 g/mol. The third kappa shape index (κ3) is 3.62. The van der Waals surface area contributed by atoms with E-state index < -0.39 is 30.1 Å². The molecule has 8 heteroatoms. The third-order valence-electron chi connectivity index (χ3n) is 4.35. The van der Waals surface area contributed by atoms with E-state index in [0.717, 1.165) is 17.2 Å². The maximum absolute atomic E-state index is 13.0. The fourth-order valence-corrected chi connectivity index (χ4v) is 3.13. The Kier molecular flexibility index (Phi) is 4.45. The quantitative estimate of drug-likeness (QED) is 0.901. The van der Waals surface area contributed by atoms with Crippen LogP contribution in [0.1, 0.15) is 30.3 Å². The number of nitrogens with one attached hydrogen (secondary N) is 1. The number of nitrogens with zero attached hydrogens (tertiary/aromatic N) is 1. The van der Waals surface area contributed by atoms with Crippen LogP contribution < -0.4 is 5.32 Å². The Morgan fingerprint density at radius 3 is 2.60 bits per heavy atom. The Hall–Kier alpha value is -2.51. The molecule has 2 amide bonds. The summed E-state index contributed by atoms with van der Waals surface area (Å²) in [4.78, 5) is 24.6. The molecule has 1 saturated heterocycles. The Morgan fingerprint density at radius 1 is 1.24 bits per heavy atom. The SMILES string of the molecule is CC(=O)N1CC(NC(=O)c2cc3ccccc3o2)CCC1C(F)(F)F. The van der Waals surface area contributed by atoms with Gasteiger partial charge in [-0.2, -0.15) is 13.2 Å². The van der Waals surface area contributed by atoms with Gasteiger partial charge < -0.3 is 14.6 Å². The van der Waals surface area contributed by atoms with Gasteiger partial charge in [0.2, 0.25) is 5.91 Å². The first kappa shape index (κ1) is 17.3. The van der Waals surface area contributed by atoms with Gasteiger partial charge in [-0.15, -0.1) is 0 Å². The molecule has 3 rings (SSSR count). The second kappa shape index (κ2) is 6.42. The highest BCUT2D eigenvalue weighted by Gasteiger charge is 2.47. The van der Waals surface area contributed by atoms with Gasteiger partial charge >= 0.3 is 6.18 Å². The Labute approximate surface area is 141 Å². The van der Waals surface area contributed by atoms with Crippen LogP contribution in [0.4, 0.5) is 13.2 Å². The first-order chi connectivity index (χ1) is 11.8. The average molecular weight is 354 g/mol. The van der Waals surface area contributed by atoms with Gasteiger partial charge in [0.05, 0.1) is 0 Å². The number of fused-ring (bicyclic) bond motifs is 1. The van der Waals surface area contributed by atoms with Gasteiger partial charge in [0.15, 0.2) is 5.76 Å². The Balaban J connectivity index is 1.70. The summed E-state index contributed by atoms with van der Waals surface area (Å²) in [7, 11) is 0. The van der Waals surface area contributed by atoms with Crippen LogP contribution in [-0.4, -0.2) is 41.5 Å². The predicted molar refractivity (Wildman–Crippen MR) is 83.9 cm³/mol. The fraction of sp³-hybridized carbons (Fsp3) is 0.412. The monoisotopic (exact) mass is 354 g/mol. The number of carbonyl (C=O) groups is 2. The van der Waals surface area contributed by atoms with E-state index in [1.165, 1.54) is 0 Å². The molecule has 1 N–H and O–H groups in total. The summed E-state index contributed by atoms with van der Waals surface area (Å²) in [6, 6.07) is 6.32. The van der Waals surface area contributed by atoms with Crippen LogP contribution in [0.2, 0.25) is 0 Å². The molecule has 0 bridgehead atoms. The molecule has 25 heavy (non-hydrogen) atoms. The molecule has 2 unspecified atom stereocenters. The van der Waals surface area contributed by atoms with Crippen LogP contribution in [0.3, 0.4) is 0 Å². The first-order valence-corrected chi connectivity index (χ1v) is 7.89. The van der Waals surface area contributed by atoms with Gasteiger partial charge in [0.25, 0.3) is 5.91 Å². The molecule has 1 fully saturated rings. The van der Waals surface area contributed by atoms with E-state index in [9.17, 15) is 22.8 Å². The molecule has 2 atom stereocenters. The maximum Gasteiger partial charge on any atom is 0.408 e. The van der Waals surface area contributed by atoms with Gasteiger partial charge in [-0.25, -0.2) is 0 Å². The minimum atomic E-state index is -4.47. The van der Waals surface area contributed by atoms with Crippen molar-refractivity contribution in [2.24, 2.45) is 0 Å². The van der Waals surface area contributed by atoms with Crippen LogP contribution in [0.25, 0.3) is 11.0 Å². The molecule has 1 aromatic heterocycles. The molecular formula is C17H17F3N2O3. The van der Waals surface area contributed by atoms with Gasteiger partial charge in [-0.05, 0) is 25.0 Å². The Morgan fingerprint density at radius 2 is 1.96 bits per heavy atom. The van der Waals surface area contributed by atoms with Crippen molar-refractivity contribution in [1.82, 2.24) is 10.2 Å². The summed E-state index contributed by atoms with van der Waals surface area (Å²) < 4.78 is 44.5. The van der Waals surface area contributed by atoms with E-state index >= 15 is 0 Å². The summed E-state index contributed by atoms with van der Waals surface area (Å²) >= 11 is 0. The molecule has 134 valence electrons. The van der Waals surface area contributed by atoms with Gasteiger partial charge in [0.1, 0.15) is 11.6 Å². The smallest absolute Gasteiger partial charge is 0.408 e. The zero-order valence-electron chi connectivity index (χ0n) is 13.5. The van der Waals surface area contributed by atoms with Crippen LogP contribution >= 0.6 is 0 Å². The molecule has 0 spiro atoms. The highest BCUT2D eigenvalue weighted by Crippen LogP contribution is 2.32. The summed E-state index contributed by atoms with van der Waals surface area (Å²) in [6.45, 7) is 0.924. The Bertz CT molecular complexity index is 767. The topological polar surface area (TPSA) is 62.6 Å². The van der Waals surface area contributed by atoms with Crippen LogP contribution in [-0.2, 0) is 4.79 Å². The molecule has 1 aliphatic heterocycles. The van der Waals surface area contributed by atoms with Gasteiger partial charge in [-0.3, -0.25) is 9.59 Å². The van der Waals surface area contributed by atoms with Crippen molar-refractivity contribution < 1.29 is 27.2 Å². The number of carbonyl (C=O) groups excluding carboxylic acids is 2. The number of amides is 2. The van der Waals surface area contributed by atoms with Crippen molar-refractivity contribution in [3.8, 4) is 0 Å². The van der Waals surface area contributed by atoms with E-state index in [1.807, 2.05) is 6.07 Å². The number of furan rings is 1. The predicted octanol–water partition coefficient (Wildman–Crippen LogP) is 3.10. The van der Waals surface area contributed by atoms with E-state index in [2.05, 4.69) is 5.32 Å². The van der Waals surface area contributed by atoms with E-state index in [4.69, 9.17) is 4.42 Å². The number of halogens is 3. The average Bonchev–Trinajstić information content (AvgIpc) is 2.98. The lowest BCUT2D eigenvalue weighted by atomic mass is 9.97. The number of alkyl halides is 3. The minimum Gasteiger partial charge on any atom is -0.451 e. The standard InChI is InChI=1S/C17H17F3N2O3/c1-10(23)22-9-12(6-7-15(22)17(18,19)20)21-16(24)14-8-11-4-2-3-5-13(11)25-14/h2-5,8,12,15H,6-7,9H2,1H3,(H,21,24). The highest BCUT2D eigenvalue weighted by atomic mass is 19.4. The van der Waals surface area contributed by atoms with Crippen molar-refractivity contribution in [3.05, 3.63) is 36.1 Å². The van der Waals surface area contributed by atoms with E-state index in [-0.39, 0.29) is 25.1 Å².